The lowest BCUT2D eigenvalue weighted by atomic mass is 10.1. The van der Waals surface area contributed by atoms with Gasteiger partial charge in [-0.25, -0.2) is 0 Å². The van der Waals surface area contributed by atoms with Crippen molar-refractivity contribution >= 4 is 0 Å². The van der Waals surface area contributed by atoms with Crippen molar-refractivity contribution in [2.45, 2.75) is 26.4 Å². The monoisotopic (exact) mass is 230 g/mol. The molecule has 1 fully saturated rings. The first-order chi connectivity index (χ1) is 8.20. The number of benzene rings is 1. The molecule has 1 atom stereocenters. The highest BCUT2D eigenvalue weighted by atomic mass is 16.5. The van der Waals surface area contributed by atoms with Crippen molar-refractivity contribution in [1.82, 2.24) is 4.90 Å². The second-order valence-electron chi connectivity index (χ2n) is 4.61. The van der Waals surface area contributed by atoms with E-state index in [2.05, 4.69) is 43.0 Å². The van der Waals surface area contributed by atoms with Crippen LogP contribution < -0.4 is 0 Å². The summed E-state index contributed by atoms with van der Waals surface area (Å²) >= 11 is 0. The number of nitrogens with zero attached hydrogens (tertiary/aromatic N) is 2. The number of rotatable bonds is 2. The number of aryl methyl sites for hydroxylation is 2. The molecule has 0 radical (unpaired) electrons. The lowest BCUT2D eigenvalue weighted by Crippen LogP contribution is -2.43. The van der Waals surface area contributed by atoms with Gasteiger partial charge in [-0.05, 0) is 30.5 Å². The molecule has 0 amide bonds. The van der Waals surface area contributed by atoms with Crippen molar-refractivity contribution in [3.63, 3.8) is 0 Å². The highest BCUT2D eigenvalue weighted by Gasteiger charge is 2.22. The molecule has 1 aliphatic heterocycles. The van der Waals surface area contributed by atoms with E-state index < -0.39 is 0 Å². The second-order valence-corrected chi connectivity index (χ2v) is 4.61. The van der Waals surface area contributed by atoms with E-state index >= 15 is 0 Å². The molecule has 0 spiro atoms. The second kappa shape index (κ2) is 5.31. The summed E-state index contributed by atoms with van der Waals surface area (Å²) < 4.78 is 5.32. The van der Waals surface area contributed by atoms with E-state index in [0.717, 1.165) is 19.7 Å². The molecule has 0 unspecified atom stereocenters. The third kappa shape index (κ3) is 2.85. The predicted molar refractivity (Wildman–Crippen MR) is 66.5 cm³/mol. The van der Waals surface area contributed by atoms with Crippen LogP contribution in [0, 0.1) is 25.2 Å². The van der Waals surface area contributed by atoms with Crippen LogP contribution in [-0.4, -0.2) is 30.7 Å². The number of hydrogen-bond donors (Lipinski definition) is 0. The molecule has 0 N–H and O–H groups in total. The zero-order chi connectivity index (χ0) is 12.3. The van der Waals surface area contributed by atoms with Crippen LogP contribution in [0.3, 0.4) is 0 Å². The van der Waals surface area contributed by atoms with Crippen molar-refractivity contribution in [3.8, 4) is 6.07 Å². The van der Waals surface area contributed by atoms with E-state index in [4.69, 9.17) is 10.00 Å². The quantitative estimate of drug-likeness (QED) is 0.780. The molecule has 0 aliphatic carbocycles. The van der Waals surface area contributed by atoms with Gasteiger partial charge in [0.25, 0.3) is 0 Å². The molecule has 90 valence electrons. The number of nitriles is 1. The average molecular weight is 230 g/mol. The Morgan fingerprint density at radius 1 is 1.41 bits per heavy atom. The Kier molecular flexibility index (Phi) is 3.78. The molecular weight excluding hydrogens is 212 g/mol. The molecule has 17 heavy (non-hydrogen) atoms. The summed E-state index contributed by atoms with van der Waals surface area (Å²) in [6.07, 6.45) is 0. The largest absolute Gasteiger partial charge is 0.377 e. The normalized spacial score (nSPS) is 21.1. The first kappa shape index (κ1) is 12.1. The van der Waals surface area contributed by atoms with Crippen LogP contribution in [-0.2, 0) is 11.3 Å². The minimum Gasteiger partial charge on any atom is -0.377 e. The summed E-state index contributed by atoms with van der Waals surface area (Å²) in [7, 11) is 0. The molecule has 1 aromatic carbocycles. The van der Waals surface area contributed by atoms with Gasteiger partial charge in [-0.15, -0.1) is 0 Å². The van der Waals surface area contributed by atoms with Crippen molar-refractivity contribution in [1.29, 1.82) is 5.26 Å². The number of morpholine rings is 1. The smallest absolute Gasteiger partial charge is 0.122 e. The average Bonchev–Trinajstić information content (AvgIpc) is 2.34. The fraction of sp³-hybridized carbons (Fsp3) is 0.500. The summed E-state index contributed by atoms with van der Waals surface area (Å²) in [6.45, 7) is 7.17. The maximum absolute atomic E-state index is 9.07. The van der Waals surface area contributed by atoms with Crippen LogP contribution in [0.2, 0.25) is 0 Å². The third-order valence-corrected chi connectivity index (χ3v) is 3.35. The molecule has 1 heterocycles. The highest BCUT2D eigenvalue weighted by molar-refractivity contribution is 5.30. The molecule has 3 nitrogen and oxygen atoms in total. The first-order valence-corrected chi connectivity index (χ1v) is 5.98. The Balaban J connectivity index is 2.09. The minimum atomic E-state index is -0.106. The van der Waals surface area contributed by atoms with Gasteiger partial charge in [0.2, 0.25) is 0 Å². The van der Waals surface area contributed by atoms with Crippen LogP contribution in [0.4, 0.5) is 0 Å². The lowest BCUT2D eigenvalue weighted by molar-refractivity contribution is 0.00889. The van der Waals surface area contributed by atoms with E-state index in [0.29, 0.717) is 6.61 Å². The van der Waals surface area contributed by atoms with Gasteiger partial charge in [-0.2, -0.15) is 5.26 Å². The summed E-state index contributed by atoms with van der Waals surface area (Å²) in [5, 5.41) is 9.07. The molecule has 3 heteroatoms. The first-order valence-electron chi connectivity index (χ1n) is 5.98. The maximum Gasteiger partial charge on any atom is 0.122 e. The fourth-order valence-corrected chi connectivity index (χ4v) is 2.08. The topological polar surface area (TPSA) is 36.3 Å². The fourth-order valence-electron chi connectivity index (χ4n) is 2.08. The zero-order valence-corrected chi connectivity index (χ0v) is 10.4. The Bertz CT molecular complexity index is 436. The molecule has 0 bridgehead atoms. The number of hydrogen-bond acceptors (Lipinski definition) is 3. The summed E-state index contributed by atoms with van der Waals surface area (Å²) in [5.41, 5.74) is 3.90. The molecule has 0 aromatic heterocycles. The summed E-state index contributed by atoms with van der Waals surface area (Å²) in [6, 6.07) is 8.69. The van der Waals surface area contributed by atoms with Crippen LogP contribution in [0.5, 0.6) is 0 Å². The minimum absolute atomic E-state index is 0.106. The lowest BCUT2D eigenvalue weighted by Gasteiger charge is -2.31. The van der Waals surface area contributed by atoms with Gasteiger partial charge in [0.1, 0.15) is 6.04 Å². The van der Waals surface area contributed by atoms with E-state index in [9.17, 15) is 0 Å². The Morgan fingerprint density at radius 2 is 2.24 bits per heavy atom. The SMILES string of the molecule is Cc1ccc(CN2CCOC[C@H]2C#N)cc1C. The van der Waals surface area contributed by atoms with Gasteiger partial charge in [-0.1, -0.05) is 18.2 Å². The molecule has 2 rings (SSSR count). The van der Waals surface area contributed by atoms with Crippen molar-refractivity contribution in [3.05, 3.63) is 34.9 Å². The van der Waals surface area contributed by atoms with E-state index in [-0.39, 0.29) is 6.04 Å². The zero-order valence-electron chi connectivity index (χ0n) is 10.4. The van der Waals surface area contributed by atoms with Crippen LogP contribution in [0.25, 0.3) is 0 Å². The van der Waals surface area contributed by atoms with Gasteiger partial charge >= 0.3 is 0 Å². The van der Waals surface area contributed by atoms with Crippen molar-refractivity contribution in [2.75, 3.05) is 19.8 Å². The molecule has 1 aromatic rings. The summed E-state index contributed by atoms with van der Waals surface area (Å²) in [4.78, 5) is 2.19. The van der Waals surface area contributed by atoms with Crippen molar-refractivity contribution in [2.24, 2.45) is 0 Å². The standard InChI is InChI=1S/C14H18N2O/c1-11-3-4-13(7-12(11)2)9-16-5-6-17-10-14(16)8-15/h3-4,7,14H,5-6,9-10H2,1-2H3/t14-/m1/s1. The Labute approximate surface area is 103 Å². The molecule has 1 aliphatic rings. The highest BCUT2D eigenvalue weighted by Crippen LogP contribution is 2.15. The summed E-state index contributed by atoms with van der Waals surface area (Å²) in [5.74, 6) is 0. The van der Waals surface area contributed by atoms with Crippen molar-refractivity contribution < 1.29 is 4.74 Å². The van der Waals surface area contributed by atoms with Gasteiger partial charge in [0.05, 0.1) is 19.3 Å². The predicted octanol–water partition coefficient (Wildman–Crippen LogP) is 2.03. The van der Waals surface area contributed by atoms with Gasteiger partial charge in [-0.3, -0.25) is 4.90 Å². The van der Waals surface area contributed by atoms with Gasteiger partial charge in [0, 0.05) is 13.1 Å². The van der Waals surface area contributed by atoms with Crippen LogP contribution >= 0.6 is 0 Å². The van der Waals surface area contributed by atoms with Gasteiger partial charge in [0.15, 0.2) is 0 Å². The van der Waals surface area contributed by atoms with Crippen LogP contribution in [0.1, 0.15) is 16.7 Å². The molecule has 0 saturated carbocycles. The Hall–Kier alpha value is -1.37. The van der Waals surface area contributed by atoms with E-state index in [1.165, 1.54) is 16.7 Å². The van der Waals surface area contributed by atoms with Gasteiger partial charge < -0.3 is 4.74 Å². The van der Waals surface area contributed by atoms with E-state index in [1.54, 1.807) is 0 Å². The molecule has 1 saturated heterocycles. The molecular formula is C14H18N2O. The maximum atomic E-state index is 9.07. The van der Waals surface area contributed by atoms with E-state index in [1.807, 2.05) is 0 Å². The Morgan fingerprint density at radius 3 is 2.94 bits per heavy atom. The van der Waals surface area contributed by atoms with Crippen LogP contribution in [0.15, 0.2) is 18.2 Å². The number of ether oxygens (including phenoxy) is 1. The third-order valence-electron chi connectivity index (χ3n) is 3.35.